The van der Waals surface area contributed by atoms with Crippen LogP contribution in [0.25, 0.3) is 0 Å². The number of hydrogen-bond acceptors (Lipinski definition) is 1. The molecule has 130 valence electrons. The van der Waals surface area contributed by atoms with Crippen molar-refractivity contribution < 1.29 is 4.74 Å². The lowest BCUT2D eigenvalue weighted by molar-refractivity contribution is -0.0624. The van der Waals surface area contributed by atoms with E-state index in [1.165, 1.54) is 51.4 Å². The number of hydrogen-bond donors (Lipinski definition) is 0. The molecular weight excluding hydrogens is 280 g/mol. The molecule has 0 spiro atoms. The quantitative estimate of drug-likeness (QED) is 0.553. The normalized spacial score (nSPS) is 43.7. The summed E-state index contributed by atoms with van der Waals surface area (Å²) in [5.74, 6) is 0.793. The average molecular weight is 317 g/mol. The van der Waals surface area contributed by atoms with Gasteiger partial charge in [0.05, 0.1) is 6.61 Å². The fourth-order valence-electron chi connectivity index (χ4n) is 6.37. The molecule has 1 nitrogen and oxygen atoms in total. The second-order valence-electron chi connectivity index (χ2n) is 9.09. The lowest BCUT2D eigenvalue weighted by Gasteiger charge is -2.58. The third-order valence-corrected chi connectivity index (χ3v) is 7.69. The molecule has 3 rings (SSSR count). The van der Waals surface area contributed by atoms with Crippen molar-refractivity contribution in [1.82, 2.24) is 0 Å². The molecule has 0 amide bonds. The summed E-state index contributed by atoms with van der Waals surface area (Å²) >= 11 is 0. The molecule has 1 unspecified atom stereocenters. The van der Waals surface area contributed by atoms with Crippen molar-refractivity contribution in [3.05, 3.63) is 23.8 Å². The van der Waals surface area contributed by atoms with E-state index >= 15 is 0 Å². The zero-order valence-electron chi connectivity index (χ0n) is 15.8. The molecule has 0 aromatic heterocycles. The SMILES string of the molecule is C=C[C@@]1(C)CCCC2=C1CCC1[C@](C)(COCC)CCC[C@@]21C. The Labute approximate surface area is 143 Å². The molecule has 1 saturated carbocycles. The van der Waals surface area contributed by atoms with Crippen LogP contribution < -0.4 is 0 Å². The fraction of sp³-hybridized carbons (Fsp3) is 0.818. The molecule has 3 aliphatic carbocycles. The van der Waals surface area contributed by atoms with E-state index in [1.54, 1.807) is 5.57 Å². The third kappa shape index (κ3) is 2.64. The zero-order chi connectivity index (χ0) is 16.7. The highest BCUT2D eigenvalue weighted by Gasteiger charge is 2.54. The highest BCUT2D eigenvalue weighted by atomic mass is 16.5. The molecule has 1 fully saturated rings. The summed E-state index contributed by atoms with van der Waals surface area (Å²) in [6.07, 6.45) is 12.9. The summed E-state index contributed by atoms with van der Waals surface area (Å²) in [6, 6.07) is 0. The van der Waals surface area contributed by atoms with E-state index in [2.05, 4.69) is 40.3 Å². The van der Waals surface area contributed by atoms with Gasteiger partial charge in [0.15, 0.2) is 0 Å². The maximum absolute atomic E-state index is 5.94. The molecule has 0 aliphatic heterocycles. The van der Waals surface area contributed by atoms with Gasteiger partial charge < -0.3 is 4.74 Å². The summed E-state index contributed by atoms with van der Waals surface area (Å²) in [5.41, 5.74) is 4.62. The molecule has 0 saturated heterocycles. The third-order valence-electron chi connectivity index (χ3n) is 7.69. The largest absolute Gasteiger partial charge is 0.381 e. The van der Waals surface area contributed by atoms with Crippen LogP contribution in [0.4, 0.5) is 0 Å². The average Bonchev–Trinajstić information content (AvgIpc) is 2.53. The van der Waals surface area contributed by atoms with Crippen molar-refractivity contribution in [1.29, 1.82) is 0 Å². The Bertz CT molecular complexity index is 504. The van der Waals surface area contributed by atoms with Gasteiger partial charge in [0, 0.05) is 12.0 Å². The van der Waals surface area contributed by atoms with Gasteiger partial charge in [-0.15, -0.1) is 6.58 Å². The minimum Gasteiger partial charge on any atom is -0.381 e. The van der Waals surface area contributed by atoms with Crippen molar-refractivity contribution in [3.8, 4) is 0 Å². The maximum atomic E-state index is 5.94. The number of allylic oxidation sites excluding steroid dienone is 3. The molecule has 0 aromatic carbocycles. The van der Waals surface area contributed by atoms with Crippen molar-refractivity contribution >= 4 is 0 Å². The van der Waals surface area contributed by atoms with Gasteiger partial charge in [-0.3, -0.25) is 0 Å². The highest BCUT2D eigenvalue weighted by Crippen LogP contribution is 2.64. The van der Waals surface area contributed by atoms with E-state index in [4.69, 9.17) is 4.74 Å². The second-order valence-corrected chi connectivity index (χ2v) is 9.09. The fourth-order valence-corrected chi connectivity index (χ4v) is 6.37. The smallest absolute Gasteiger partial charge is 0.0522 e. The van der Waals surface area contributed by atoms with Gasteiger partial charge in [-0.05, 0) is 68.6 Å². The predicted molar refractivity (Wildman–Crippen MR) is 98.5 cm³/mol. The van der Waals surface area contributed by atoms with Gasteiger partial charge in [0.1, 0.15) is 0 Å². The van der Waals surface area contributed by atoms with Crippen LogP contribution in [0.1, 0.15) is 79.1 Å². The highest BCUT2D eigenvalue weighted by molar-refractivity contribution is 5.36. The summed E-state index contributed by atoms with van der Waals surface area (Å²) in [7, 11) is 0. The first-order valence-corrected chi connectivity index (χ1v) is 9.84. The van der Waals surface area contributed by atoms with Crippen LogP contribution in [0.3, 0.4) is 0 Å². The van der Waals surface area contributed by atoms with Crippen molar-refractivity contribution in [3.63, 3.8) is 0 Å². The standard InChI is InChI=1S/C22H36O/c1-6-20(3)13-8-10-18-17(20)11-12-19-21(4,16-23-7-2)14-9-15-22(18,19)5/h6,19H,1,7-16H2,2-5H3/t19?,20-,21-,22-/m0/s1. The van der Waals surface area contributed by atoms with Crippen LogP contribution in [-0.2, 0) is 4.74 Å². The molecule has 0 aromatic rings. The number of ether oxygens (including phenoxy) is 1. The lowest BCUT2D eigenvalue weighted by atomic mass is 9.47. The van der Waals surface area contributed by atoms with E-state index in [1.807, 2.05) is 5.57 Å². The van der Waals surface area contributed by atoms with Crippen molar-refractivity contribution in [2.75, 3.05) is 13.2 Å². The van der Waals surface area contributed by atoms with Crippen LogP contribution in [0, 0.1) is 22.2 Å². The monoisotopic (exact) mass is 316 g/mol. The Morgan fingerprint density at radius 1 is 1.09 bits per heavy atom. The van der Waals surface area contributed by atoms with Crippen molar-refractivity contribution in [2.24, 2.45) is 22.2 Å². The topological polar surface area (TPSA) is 9.23 Å². The Morgan fingerprint density at radius 2 is 1.87 bits per heavy atom. The molecule has 0 N–H and O–H groups in total. The molecule has 3 aliphatic rings. The molecule has 0 heterocycles. The summed E-state index contributed by atoms with van der Waals surface area (Å²) in [5, 5.41) is 0. The minimum absolute atomic E-state index is 0.259. The Balaban J connectivity index is 2.00. The van der Waals surface area contributed by atoms with Crippen molar-refractivity contribution in [2.45, 2.75) is 79.1 Å². The van der Waals surface area contributed by atoms with Crippen LogP contribution >= 0.6 is 0 Å². The first-order chi connectivity index (χ1) is 10.9. The predicted octanol–water partition coefficient (Wildman–Crippen LogP) is 6.30. The van der Waals surface area contributed by atoms with Crippen LogP contribution in [0.2, 0.25) is 0 Å². The molecule has 4 atom stereocenters. The van der Waals surface area contributed by atoms with Gasteiger partial charge >= 0.3 is 0 Å². The minimum atomic E-state index is 0.259. The Hall–Kier alpha value is -0.560. The van der Waals surface area contributed by atoms with E-state index in [-0.39, 0.29) is 5.41 Å². The molecule has 0 radical (unpaired) electrons. The van der Waals surface area contributed by atoms with E-state index in [0.717, 1.165) is 19.1 Å². The maximum Gasteiger partial charge on any atom is 0.0522 e. The van der Waals surface area contributed by atoms with Gasteiger partial charge in [-0.1, -0.05) is 44.4 Å². The molecule has 1 heteroatoms. The second kappa shape index (κ2) is 6.06. The first kappa shape index (κ1) is 17.3. The van der Waals surface area contributed by atoms with Gasteiger partial charge in [0.25, 0.3) is 0 Å². The van der Waals surface area contributed by atoms with Gasteiger partial charge in [0.2, 0.25) is 0 Å². The van der Waals surface area contributed by atoms with Gasteiger partial charge in [-0.25, -0.2) is 0 Å². The van der Waals surface area contributed by atoms with Gasteiger partial charge in [-0.2, -0.15) is 0 Å². The molecular formula is C22H36O. The Kier molecular flexibility index (Phi) is 4.55. The Morgan fingerprint density at radius 3 is 2.57 bits per heavy atom. The first-order valence-electron chi connectivity index (χ1n) is 9.84. The van der Waals surface area contributed by atoms with E-state index in [9.17, 15) is 0 Å². The summed E-state index contributed by atoms with van der Waals surface area (Å²) in [4.78, 5) is 0. The lowest BCUT2D eigenvalue weighted by Crippen LogP contribution is -2.50. The van der Waals surface area contributed by atoms with E-state index in [0.29, 0.717) is 10.8 Å². The number of fused-ring (bicyclic) bond motifs is 2. The van der Waals surface area contributed by atoms with E-state index < -0.39 is 0 Å². The summed E-state index contributed by atoms with van der Waals surface area (Å²) < 4.78 is 5.94. The molecule has 0 bridgehead atoms. The van der Waals surface area contributed by atoms with Crippen LogP contribution in [0.15, 0.2) is 23.8 Å². The number of rotatable bonds is 4. The van der Waals surface area contributed by atoms with Crippen LogP contribution in [0.5, 0.6) is 0 Å². The molecule has 23 heavy (non-hydrogen) atoms. The summed E-state index contributed by atoms with van der Waals surface area (Å²) in [6.45, 7) is 15.6. The zero-order valence-corrected chi connectivity index (χ0v) is 15.8. The van der Waals surface area contributed by atoms with Crippen LogP contribution in [-0.4, -0.2) is 13.2 Å².